The number of thiazole rings is 1. The number of alkyl halides is 2. The van der Waals surface area contributed by atoms with Crippen molar-refractivity contribution in [2.24, 2.45) is 10.7 Å². The van der Waals surface area contributed by atoms with Gasteiger partial charge in [0.1, 0.15) is 34.0 Å². The van der Waals surface area contributed by atoms with E-state index in [9.17, 15) is 27.5 Å². The minimum atomic E-state index is -2.69. The highest BCUT2D eigenvalue weighted by Gasteiger charge is 2.28. The zero-order valence-corrected chi connectivity index (χ0v) is 19.0. The van der Waals surface area contributed by atoms with Gasteiger partial charge in [-0.3, -0.25) is 9.79 Å². The molecule has 186 valence electrons. The van der Waals surface area contributed by atoms with Gasteiger partial charge in [0.25, 0.3) is 12.3 Å². The maximum Gasteiger partial charge on any atom is 0.273 e. The van der Waals surface area contributed by atoms with Crippen LogP contribution >= 0.6 is 11.3 Å². The van der Waals surface area contributed by atoms with Gasteiger partial charge in [0.2, 0.25) is 0 Å². The summed E-state index contributed by atoms with van der Waals surface area (Å²) in [6.45, 7) is -0.115. The number of nitrogens with zero attached hydrogens (tertiary/aromatic N) is 3. The van der Waals surface area contributed by atoms with Gasteiger partial charge in [0.15, 0.2) is 5.69 Å². The number of likely N-dealkylation sites (tertiary alicyclic amines) is 1. The number of aliphatic hydroxyl groups excluding tert-OH is 1. The number of carbonyl (C=O) groups is 1. The van der Waals surface area contributed by atoms with E-state index in [4.69, 9.17) is 11.5 Å². The van der Waals surface area contributed by atoms with Crippen LogP contribution in [0.2, 0.25) is 0 Å². The number of aromatic nitrogens is 1. The molecule has 0 radical (unpaired) electrons. The third-order valence-corrected chi connectivity index (χ3v) is 6.21. The predicted octanol–water partition coefficient (Wildman–Crippen LogP) is 2.24. The second-order valence-corrected chi connectivity index (χ2v) is 8.81. The Labute approximate surface area is 197 Å². The third kappa shape index (κ3) is 6.42. The van der Waals surface area contributed by atoms with Crippen molar-refractivity contribution < 1.29 is 27.5 Å². The van der Waals surface area contributed by atoms with Gasteiger partial charge in [-0.15, -0.1) is 0 Å². The summed E-state index contributed by atoms with van der Waals surface area (Å²) in [7, 11) is 0. The Kier molecular flexibility index (Phi) is 8.80. The molecule has 1 amide bonds. The maximum absolute atomic E-state index is 14.1. The minimum absolute atomic E-state index is 0.0112. The highest BCUT2D eigenvalue weighted by Crippen LogP contribution is 2.32. The number of nitrogen functional groups attached to an aromatic ring is 1. The second kappa shape index (κ2) is 11.6. The molecule has 0 saturated carbocycles. The number of nitrogens with two attached hydrogens (primary N) is 2. The van der Waals surface area contributed by atoms with E-state index in [1.807, 2.05) is 0 Å². The monoisotopic (exact) mass is 502 g/mol. The predicted molar refractivity (Wildman–Crippen MR) is 122 cm³/mol. The van der Waals surface area contributed by atoms with E-state index in [2.05, 4.69) is 15.3 Å². The molecule has 0 spiro atoms. The van der Waals surface area contributed by atoms with Crippen molar-refractivity contribution >= 4 is 28.1 Å². The summed E-state index contributed by atoms with van der Waals surface area (Å²) >= 11 is 0.807. The number of aliphatic imine (C=N–C) groups is 1. The van der Waals surface area contributed by atoms with Gasteiger partial charge in [0, 0.05) is 25.2 Å². The molecule has 1 aromatic heterocycles. The van der Waals surface area contributed by atoms with E-state index in [0.717, 1.165) is 29.5 Å². The highest BCUT2D eigenvalue weighted by atomic mass is 32.1. The Bertz CT molecular complexity index is 1030. The summed E-state index contributed by atoms with van der Waals surface area (Å²) in [6.07, 6.45) is -1.61. The van der Waals surface area contributed by atoms with Crippen LogP contribution in [0.1, 0.15) is 29.8 Å². The molecule has 13 heteroatoms. The number of amides is 1. The van der Waals surface area contributed by atoms with Gasteiger partial charge in [-0.05, 0) is 37.5 Å². The molecule has 2 unspecified atom stereocenters. The number of hydrogen-bond acceptors (Lipinski definition) is 7. The average Bonchev–Trinajstić information content (AvgIpc) is 3.05. The zero-order valence-electron chi connectivity index (χ0n) is 18.2. The van der Waals surface area contributed by atoms with Crippen LogP contribution in [0.5, 0.6) is 0 Å². The van der Waals surface area contributed by atoms with Crippen molar-refractivity contribution in [3.63, 3.8) is 0 Å². The molecule has 8 nitrogen and oxygen atoms in total. The number of rotatable bonds is 7. The van der Waals surface area contributed by atoms with Crippen molar-refractivity contribution in [1.29, 1.82) is 0 Å². The number of anilines is 1. The Balaban J connectivity index is 1.84. The second-order valence-electron chi connectivity index (χ2n) is 7.78. The van der Waals surface area contributed by atoms with Crippen molar-refractivity contribution in [1.82, 2.24) is 15.2 Å². The van der Waals surface area contributed by atoms with Crippen molar-refractivity contribution in [2.75, 3.05) is 31.9 Å². The van der Waals surface area contributed by atoms with Crippen molar-refractivity contribution in [2.45, 2.75) is 37.8 Å². The fourth-order valence-electron chi connectivity index (χ4n) is 3.63. The van der Waals surface area contributed by atoms with Crippen LogP contribution in [-0.4, -0.2) is 71.5 Å². The largest absolute Gasteiger partial charge is 0.393 e. The van der Waals surface area contributed by atoms with E-state index >= 15 is 0 Å². The van der Waals surface area contributed by atoms with E-state index in [1.165, 1.54) is 0 Å². The molecule has 1 saturated heterocycles. The average molecular weight is 503 g/mol. The zero-order chi connectivity index (χ0) is 24.8. The van der Waals surface area contributed by atoms with Crippen LogP contribution < -0.4 is 16.8 Å². The maximum atomic E-state index is 14.1. The number of carbonyl (C=O) groups excluding carboxylic acids is 1. The van der Waals surface area contributed by atoms with Gasteiger partial charge < -0.3 is 26.8 Å². The lowest BCUT2D eigenvalue weighted by atomic mass is 10.2. The summed E-state index contributed by atoms with van der Waals surface area (Å²) < 4.78 is 53.5. The molecule has 3 rings (SSSR count). The fraction of sp³-hybridized carbons (Fsp3) is 0.476. The first-order chi connectivity index (χ1) is 16.2. The quantitative estimate of drug-likeness (QED) is 0.261. The Hall–Kier alpha value is -2.77. The number of nitrogens with one attached hydrogen (secondary N) is 1. The molecule has 0 aliphatic carbocycles. The number of halogens is 4. The van der Waals surface area contributed by atoms with Crippen LogP contribution in [0.3, 0.4) is 0 Å². The first kappa shape index (κ1) is 25.8. The van der Waals surface area contributed by atoms with Crippen LogP contribution in [0.15, 0.2) is 23.2 Å². The Morgan fingerprint density at radius 1 is 1.32 bits per heavy atom. The summed E-state index contributed by atoms with van der Waals surface area (Å²) in [6, 6.07) is 1.91. The number of hydrogen-bond donors (Lipinski definition) is 4. The lowest BCUT2D eigenvalue weighted by Gasteiger charge is -2.30. The SMILES string of the molecule is NCC(NC(=O)c1nc(-c2cc(F)ccc2F)sc1N)C(=NCC(F)F)N1CCCC(O)CC1. The molecule has 1 aliphatic rings. The summed E-state index contributed by atoms with van der Waals surface area (Å²) in [5.41, 5.74) is 11.4. The van der Waals surface area contributed by atoms with Gasteiger partial charge >= 0.3 is 0 Å². The molecule has 2 heterocycles. The normalized spacial score (nSPS) is 18.1. The number of benzene rings is 1. The van der Waals surface area contributed by atoms with E-state index in [0.29, 0.717) is 32.4 Å². The molecule has 1 aliphatic heterocycles. The third-order valence-electron chi connectivity index (χ3n) is 5.29. The number of aliphatic hydroxyl groups is 1. The van der Waals surface area contributed by atoms with E-state index in [1.54, 1.807) is 4.90 Å². The van der Waals surface area contributed by atoms with Gasteiger partial charge in [-0.25, -0.2) is 22.5 Å². The lowest BCUT2D eigenvalue weighted by molar-refractivity contribution is 0.0942. The highest BCUT2D eigenvalue weighted by molar-refractivity contribution is 7.19. The molecular weight excluding hydrogens is 476 g/mol. The fourth-order valence-corrected chi connectivity index (χ4v) is 4.47. The van der Waals surface area contributed by atoms with Crippen molar-refractivity contribution in [3.05, 3.63) is 35.5 Å². The summed E-state index contributed by atoms with van der Waals surface area (Å²) in [4.78, 5) is 22.7. The molecule has 0 bridgehead atoms. The standard InChI is InChI=1S/C21H26F4N6O2S/c22-11-3-4-14(23)13(8-11)21-30-17(18(27)34-21)20(33)29-15(9-26)19(28-10-16(24)25)31-6-1-2-12(32)5-7-31/h3-4,8,12,15-16,32H,1-2,5-7,9-10,26-27H2,(H,29,33). The molecule has 1 aromatic carbocycles. The van der Waals surface area contributed by atoms with Crippen LogP contribution in [0.4, 0.5) is 22.6 Å². The van der Waals surface area contributed by atoms with E-state index in [-0.39, 0.29) is 33.6 Å². The topological polar surface area (TPSA) is 130 Å². The first-order valence-electron chi connectivity index (χ1n) is 10.7. The molecule has 1 fully saturated rings. The van der Waals surface area contributed by atoms with E-state index < -0.39 is 42.7 Å². The number of amidine groups is 1. The molecular formula is C21H26F4N6O2S. The molecule has 6 N–H and O–H groups in total. The molecule has 2 atom stereocenters. The summed E-state index contributed by atoms with van der Waals surface area (Å²) in [5.74, 6) is -1.99. The smallest absolute Gasteiger partial charge is 0.273 e. The van der Waals surface area contributed by atoms with Gasteiger partial charge in [-0.1, -0.05) is 11.3 Å². The van der Waals surface area contributed by atoms with Crippen LogP contribution in [0, 0.1) is 11.6 Å². The van der Waals surface area contributed by atoms with Crippen LogP contribution in [0.25, 0.3) is 10.6 Å². The lowest BCUT2D eigenvalue weighted by Crippen LogP contribution is -2.53. The summed E-state index contributed by atoms with van der Waals surface area (Å²) in [5, 5.41) is 12.5. The first-order valence-corrected chi connectivity index (χ1v) is 11.5. The Morgan fingerprint density at radius 3 is 2.79 bits per heavy atom. The molecule has 34 heavy (non-hydrogen) atoms. The van der Waals surface area contributed by atoms with Gasteiger partial charge in [-0.2, -0.15) is 0 Å². The van der Waals surface area contributed by atoms with Gasteiger partial charge in [0.05, 0.1) is 12.1 Å². The minimum Gasteiger partial charge on any atom is -0.393 e. The van der Waals surface area contributed by atoms with Crippen molar-refractivity contribution in [3.8, 4) is 10.6 Å². The molecule has 2 aromatic rings. The van der Waals surface area contributed by atoms with Crippen LogP contribution in [-0.2, 0) is 0 Å². The Morgan fingerprint density at radius 2 is 2.09 bits per heavy atom.